The molecular formula is C33H39FN6O2. The van der Waals surface area contributed by atoms with Gasteiger partial charge in [-0.1, -0.05) is 18.2 Å². The van der Waals surface area contributed by atoms with Gasteiger partial charge in [0.05, 0.1) is 5.54 Å². The predicted molar refractivity (Wildman–Crippen MR) is 163 cm³/mol. The lowest BCUT2D eigenvalue weighted by atomic mass is 9.95. The molecule has 0 saturated carbocycles. The monoisotopic (exact) mass is 570 g/mol. The van der Waals surface area contributed by atoms with Crippen molar-refractivity contribution in [2.24, 2.45) is 0 Å². The fourth-order valence-corrected chi connectivity index (χ4v) is 8.22. The maximum Gasteiger partial charge on any atom is 0.319 e. The Morgan fingerprint density at radius 3 is 2.62 bits per heavy atom. The first kappa shape index (κ1) is 26.4. The third-order valence-electron chi connectivity index (χ3n) is 10.2. The van der Waals surface area contributed by atoms with Crippen molar-refractivity contribution in [1.29, 1.82) is 0 Å². The molecule has 0 amide bonds. The molecule has 220 valence electrons. The van der Waals surface area contributed by atoms with Gasteiger partial charge in [0.2, 0.25) is 0 Å². The molecule has 4 saturated heterocycles. The first-order valence-electron chi connectivity index (χ1n) is 15.7. The molecule has 0 radical (unpaired) electrons. The number of hydrogen-bond donors (Lipinski definition) is 3. The summed E-state index contributed by atoms with van der Waals surface area (Å²) >= 11 is 0. The number of H-pyrrole nitrogens is 1. The van der Waals surface area contributed by atoms with Crippen LogP contribution in [0.4, 0.5) is 10.2 Å². The van der Waals surface area contributed by atoms with E-state index < -0.39 is 0 Å². The summed E-state index contributed by atoms with van der Waals surface area (Å²) in [5.41, 5.74) is 3.75. The van der Waals surface area contributed by atoms with Gasteiger partial charge in [0.25, 0.3) is 0 Å². The van der Waals surface area contributed by atoms with E-state index in [1.165, 1.54) is 12.8 Å². The second-order valence-corrected chi connectivity index (χ2v) is 12.8. The smallest absolute Gasteiger partial charge is 0.319 e. The molecule has 0 unspecified atom stereocenters. The van der Waals surface area contributed by atoms with Gasteiger partial charge in [-0.15, -0.1) is 0 Å². The van der Waals surface area contributed by atoms with Gasteiger partial charge in [0.1, 0.15) is 17.9 Å². The van der Waals surface area contributed by atoms with Crippen LogP contribution in [-0.2, 0) is 6.42 Å². The van der Waals surface area contributed by atoms with Crippen LogP contribution in [0.1, 0.15) is 50.5 Å². The van der Waals surface area contributed by atoms with Crippen LogP contribution in [0, 0.1) is 5.82 Å². The van der Waals surface area contributed by atoms with Gasteiger partial charge in [-0.05, 0) is 82.2 Å². The third kappa shape index (κ3) is 4.36. The summed E-state index contributed by atoms with van der Waals surface area (Å²) in [6.07, 6.45) is 10.2. The van der Waals surface area contributed by atoms with Crippen LogP contribution >= 0.6 is 0 Å². The molecule has 6 heterocycles. The van der Waals surface area contributed by atoms with E-state index in [-0.39, 0.29) is 24.0 Å². The van der Waals surface area contributed by atoms with Gasteiger partial charge < -0.3 is 25.0 Å². The fraction of sp³-hybridized carbons (Fsp3) is 0.515. The zero-order valence-corrected chi connectivity index (χ0v) is 24.0. The maximum atomic E-state index is 16.8. The minimum Gasteiger partial charge on any atom is -0.461 e. The average Bonchev–Trinajstić information content (AvgIpc) is 3.78. The number of ether oxygens (including phenoxy) is 1. The number of aromatic nitrogens is 3. The Hall–Kier alpha value is -3.27. The van der Waals surface area contributed by atoms with Crippen molar-refractivity contribution >= 4 is 27.6 Å². The number of aliphatic hydroxyl groups is 1. The number of aliphatic hydroxyl groups excluding tert-OH is 1. The summed E-state index contributed by atoms with van der Waals surface area (Å²) in [5, 5.41) is 14.9. The number of anilines is 1. The lowest BCUT2D eigenvalue weighted by Crippen LogP contribution is -2.51. The van der Waals surface area contributed by atoms with E-state index >= 15 is 4.39 Å². The van der Waals surface area contributed by atoms with Gasteiger partial charge in [0.15, 0.2) is 5.82 Å². The highest BCUT2D eigenvalue weighted by Crippen LogP contribution is 2.41. The zero-order chi connectivity index (χ0) is 28.3. The molecule has 4 aromatic rings. The molecule has 3 N–H and O–H groups in total. The van der Waals surface area contributed by atoms with Crippen LogP contribution in [0.3, 0.4) is 0 Å². The van der Waals surface area contributed by atoms with Crippen LogP contribution in [-0.4, -0.2) is 82.0 Å². The maximum absolute atomic E-state index is 16.8. The largest absolute Gasteiger partial charge is 0.461 e. The number of nitrogens with zero attached hydrogens (tertiary/aromatic N) is 4. The number of benzene rings is 2. The Balaban J connectivity index is 1.23. The van der Waals surface area contributed by atoms with Crippen molar-refractivity contribution < 1.29 is 14.2 Å². The number of hydrogen-bond acceptors (Lipinski definition) is 7. The van der Waals surface area contributed by atoms with Crippen LogP contribution in [0.5, 0.6) is 6.01 Å². The molecule has 0 spiro atoms. The van der Waals surface area contributed by atoms with Crippen LogP contribution in [0.2, 0.25) is 0 Å². The zero-order valence-electron chi connectivity index (χ0n) is 24.0. The first-order valence-corrected chi connectivity index (χ1v) is 15.7. The molecule has 9 heteroatoms. The second-order valence-electron chi connectivity index (χ2n) is 12.8. The van der Waals surface area contributed by atoms with E-state index in [0.29, 0.717) is 36.2 Å². The summed E-state index contributed by atoms with van der Waals surface area (Å²) in [7, 11) is 0. The number of fused-ring (bicyclic) bond motifs is 5. The molecule has 2 atom stereocenters. The Morgan fingerprint density at radius 1 is 1.02 bits per heavy atom. The van der Waals surface area contributed by atoms with Crippen molar-refractivity contribution in [1.82, 2.24) is 25.2 Å². The Kier molecular flexibility index (Phi) is 6.57. The quantitative estimate of drug-likeness (QED) is 0.281. The van der Waals surface area contributed by atoms with E-state index in [1.807, 2.05) is 30.5 Å². The van der Waals surface area contributed by atoms with Gasteiger partial charge in [-0.25, -0.2) is 4.39 Å². The summed E-state index contributed by atoms with van der Waals surface area (Å²) in [5.74, 6) is 0.423. The summed E-state index contributed by atoms with van der Waals surface area (Å²) in [4.78, 5) is 17.9. The number of aromatic amines is 1. The van der Waals surface area contributed by atoms with Gasteiger partial charge in [0, 0.05) is 65.4 Å². The molecule has 2 bridgehead atoms. The van der Waals surface area contributed by atoms with Crippen molar-refractivity contribution in [2.75, 3.05) is 44.3 Å². The highest BCUT2D eigenvalue weighted by molar-refractivity contribution is 6.01. The molecule has 2 aromatic heterocycles. The minimum absolute atomic E-state index is 0.0576. The second kappa shape index (κ2) is 10.5. The van der Waals surface area contributed by atoms with Gasteiger partial charge in [-0.3, -0.25) is 4.90 Å². The van der Waals surface area contributed by atoms with Crippen molar-refractivity contribution in [3.05, 3.63) is 47.9 Å². The molecule has 4 aliphatic rings. The highest BCUT2D eigenvalue weighted by atomic mass is 19.1. The first-order chi connectivity index (χ1) is 20.6. The molecule has 2 aromatic carbocycles. The van der Waals surface area contributed by atoms with Crippen LogP contribution in [0.25, 0.3) is 32.9 Å². The molecule has 0 aliphatic carbocycles. The third-order valence-corrected chi connectivity index (χ3v) is 10.2. The average molecular weight is 571 g/mol. The summed E-state index contributed by atoms with van der Waals surface area (Å²) in [6.45, 7) is 4.61. The number of nitrogens with one attached hydrogen (secondary N) is 2. The Bertz CT molecular complexity index is 1620. The van der Waals surface area contributed by atoms with Gasteiger partial charge >= 0.3 is 6.01 Å². The minimum atomic E-state index is -0.349. The molecule has 4 aliphatic heterocycles. The predicted octanol–water partition coefficient (Wildman–Crippen LogP) is 4.79. The normalized spacial score (nSPS) is 23.3. The molecular weight excluding hydrogens is 531 g/mol. The van der Waals surface area contributed by atoms with Crippen molar-refractivity contribution in [3.8, 4) is 17.1 Å². The Morgan fingerprint density at radius 2 is 1.83 bits per heavy atom. The van der Waals surface area contributed by atoms with E-state index in [4.69, 9.17) is 14.7 Å². The molecule has 8 rings (SSSR count). The topological polar surface area (TPSA) is 89.5 Å². The molecule has 42 heavy (non-hydrogen) atoms. The van der Waals surface area contributed by atoms with Crippen molar-refractivity contribution in [3.63, 3.8) is 0 Å². The van der Waals surface area contributed by atoms with E-state index in [2.05, 4.69) is 26.2 Å². The highest BCUT2D eigenvalue weighted by Gasteiger charge is 2.45. The standard InChI is InChI=1S/C33H39FN6O2/c34-29-24(26-17-35-27-7-1-5-21(28(26)27)6-2-16-41)10-11-25-30(29)37-32(42-20-33-12-3-14-40(33)15-4-13-33)38-31(25)39-18-22-8-9-23(19-39)36-22/h1,5,7,10-11,17,22-23,35-36,41H,2-4,6,8-9,12-16,18-20H2/t22-,23+. The lowest BCUT2D eigenvalue weighted by molar-refractivity contribution is 0.108. The van der Waals surface area contributed by atoms with E-state index in [0.717, 1.165) is 91.5 Å². The van der Waals surface area contributed by atoms with Gasteiger partial charge in [-0.2, -0.15) is 9.97 Å². The number of aryl methyl sites for hydroxylation is 1. The van der Waals surface area contributed by atoms with Crippen LogP contribution in [0.15, 0.2) is 36.5 Å². The SMILES string of the molecule is OCCCc1cccc2[nH]cc(-c3ccc4c(N5C[C@H]6CC[C@@H](C5)N6)nc(OCC56CCCN5CCC6)nc4c3F)c12. The Labute approximate surface area is 245 Å². The number of halogens is 1. The molecule has 4 fully saturated rings. The summed E-state index contributed by atoms with van der Waals surface area (Å²) < 4.78 is 23.2. The van der Waals surface area contributed by atoms with E-state index in [1.54, 1.807) is 0 Å². The van der Waals surface area contributed by atoms with Crippen molar-refractivity contribution in [2.45, 2.75) is 69.0 Å². The molecule has 8 nitrogen and oxygen atoms in total. The van der Waals surface area contributed by atoms with Crippen LogP contribution < -0.4 is 15.0 Å². The summed E-state index contributed by atoms with van der Waals surface area (Å²) in [6, 6.07) is 11.1. The number of rotatable bonds is 8. The fourth-order valence-electron chi connectivity index (χ4n) is 8.22. The number of piperazine rings is 1. The lowest BCUT2D eigenvalue weighted by Gasteiger charge is -2.34. The van der Waals surface area contributed by atoms with E-state index in [9.17, 15) is 5.11 Å².